The molecule has 4 nitrogen and oxygen atoms in total. The molecule has 0 amide bonds. The highest BCUT2D eigenvalue weighted by molar-refractivity contribution is 5.20. The molecule has 2 saturated heterocycles. The van der Waals surface area contributed by atoms with Crippen LogP contribution in [-0.2, 0) is 0 Å². The monoisotopic (exact) mass is 248 g/mol. The normalized spacial score (nSPS) is 31.3. The summed E-state index contributed by atoms with van der Waals surface area (Å²) in [6, 6.07) is 7.05. The molecule has 2 unspecified atom stereocenters. The summed E-state index contributed by atoms with van der Waals surface area (Å²) in [6.45, 7) is 0. The smallest absolute Gasteiger partial charge is 0.216 e. The number of fused-ring (bicyclic) bond motifs is 2. The molecule has 0 saturated carbocycles. The van der Waals surface area contributed by atoms with E-state index in [1.807, 2.05) is 18.2 Å². The number of hydrogen-bond donors (Lipinski definition) is 0. The van der Waals surface area contributed by atoms with Crippen molar-refractivity contribution in [3.05, 3.63) is 18.2 Å². The number of ether oxygens (including phenoxy) is 2. The fraction of sp³-hybridized carbons (Fsp3) is 0.643. The van der Waals surface area contributed by atoms with E-state index in [0.717, 1.165) is 12.8 Å². The number of aromatic nitrogens is 1. The van der Waals surface area contributed by atoms with Gasteiger partial charge in [-0.25, -0.2) is 0 Å². The van der Waals surface area contributed by atoms with Gasteiger partial charge in [0.25, 0.3) is 0 Å². The molecule has 98 valence electrons. The predicted molar refractivity (Wildman–Crippen MR) is 69.0 cm³/mol. The minimum Gasteiger partial charge on any atom is -0.481 e. The first kappa shape index (κ1) is 11.8. The Morgan fingerprint density at radius 3 is 2.50 bits per heavy atom. The van der Waals surface area contributed by atoms with Gasteiger partial charge in [0, 0.05) is 24.2 Å². The molecule has 2 atom stereocenters. The summed E-state index contributed by atoms with van der Waals surface area (Å²) in [6.07, 6.45) is 5.16. The molecular weight excluding hydrogens is 228 g/mol. The second-order valence-corrected chi connectivity index (χ2v) is 5.28. The first-order valence-corrected chi connectivity index (χ1v) is 6.66. The molecule has 0 aliphatic carbocycles. The Kier molecular flexibility index (Phi) is 3.12. The van der Waals surface area contributed by atoms with E-state index in [0.29, 0.717) is 29.9 Å². The maximum absolute atomic E-state index is 6.01. The van der Waals surface area contributed by atoms with Gasteiger partial charge in [0.15, 0.2) is 0 Å². The van der Waals surface area contributed by atoms with Crippen LogP contribution in [-0.4, -0.2) is 42.2 Å². The lowest BCUT2D eigenvalue weighted by Gasteiger charge is -2.36. The number of rotatable bonds is 3. The molecule has 4 heteroatoms. The first-order valence-electron chi connectivity index (χ1n) is 6.66. The fourth-order valence-electron chi connectivity index (χ4n) is 3.20. The van der Waals surface area contributed by atoms with Gasteiger partial charge in [0.05, 0.1) is 7.11 Å². The van der Waals surface area contributed by atoms with Gasteiger partial charge < -0.3 is 14.4 Å². The average molecular weight is 248 g/mol. The lowest BCUT2D eigenvalue weighted by Crippen LogP contribution is -2.43. The summed E-state index contributed by atoms with van der Waals surface area (Å²) >= 11 is 0. The van der Waals surface area contributed by atoms with Crippen LogP contribution in [0, 0.1) is 0 Å². The topological polar surface area (TPSA) is 34.6 Å². The summed E-state index contributed by atoms with van der Waals surface area (Å²) < 4.78 is 11.1. The Bertz CT molecular complexity index is 410. The standard InChI is InChI=1S/C14H20N2O2/c1-16-10-6-7-11(16)9-12(8-10)18-14-5-3-4-13(15-14)17-2/h3-5,10-12H,6-9H2,1-2H3. The minimum atomic E-state index is 0.304. The van der Waals surface area contributed by atoms with Crippen LogP contribution in [0.15, 0.2) is 18.2 Å². The summed E-state index contributed by atoms with van der Waals surface area (Å²) in [7, 11) is 3.87. The molecular formula is C14H20N2O2. The van der Waals surface area contributed by atoms with Crippen LogP contribution in [0.2, 0.25) is 0 Å². The summed E-state index contributed by atoms with van der Waals surface area (Å²) in [5, 5.41) is 0. The van der Waals surface area contributed by atoms with E-state index < -0.39 is 0 Å². The molecule has 3 heterocycles. The molecule has 3 rings (SSSR count). The van der Waals surface area contributed by atoms with E-state index in [1.165, 1.54) is 12.8 Å². The van der Waals surface area contributed by atoms with Crippen LogP contribution >= 0.6 is 0 Å². The molecule has 1 aromatic heterocycles. The van der Waals surface area contributed by atoms with Gasteiger partial charge in [-0.05, 0) is 32.7 Å². The molecule has 0 spiro atoms. The second-order valence-electron chi connectivity index (χ2n) is 5.28. The van der Waals surface area contributed by atoms with Crippen LogP contribution in [0.25, 0.3) is 0 Å². The second kappa shape index (κ2) is 4.76. The summed E-state index contributed by atoms with van der Waals surface area (Å²) in [5.41, 5.74) is 0. The van der Waals surface area contributed by atoms with Crippen molar-refractivity contribution >= 4 is 0 Å². The maximum atomic E-state index is 6.01. The van der Waals surface area contributed by atoms with Gasteiger partial charge in [-0.2, -0.15) is 4.98 Å². The Labute approximate surface area is 108 Å². The molecule has 0 N–H and O–H groups in total. The van der Waals surface area contributed by atoms with Crippen molar-refractivity contribution in [1.29, 1.82) is 0 Å². The highest BCUT2D eigenvalue weighted by atomic mass is 16.5. The van der Waals surface area contributed by atoms with Crippen molar-refractivity contribution < 1.29 is 9.47 Å². The zero-order valence-electron chi connectivity index (χ0n) is 11.0. The van der Waals surface area contributed by atoms with Gasteiger partial charge >= 0.3 is 0 Å². The van der Waals surface area contributed by atoms with Gasteiger partial charge in [-0.15, -0.1) is 0 Å². The van der Waals surface area contributed by atoms with E-state index in [4.69, 9.17) is 9.47 Å². The highest BCUT2D eigenvalue weighted by Gasteiger charge is 2.39. The quantitative estimate of drug-likeness (QED) is 0.820. The molecule has 2 aliphatic rings. The van der Waals surface area contributed by atoms with Crippen LogP contribution in [0.5, 0.6) is 11.8 Å². The Hall–Kier alpha value is -1.29. The van der Waals surface area contributed by atoms with Crippen LogP contribution in [0.4, 0.5) is 0 Å². The molecule has 18 heavy (non-hydrogen) atoms. The van der Waals surface area contributed by atoms with Gasteiger partial charge in [-0.3, -0.25) is 0 Å². The lowest BCUT2D eigenvalue weighted by atomic mass is 10.0. The number of nitrogens with zero attached hydrogens (tertiary/aromatic N) is 2. The SMILES string of the molecule is COc1cccc(OC2CC3CCC(C2)N3C)n1. The summed E-state index contributed by atoms with van der Waals surface area (Å²) in [5.74, 6) is 1.30. The van der Waals surface area contributed by atoms with E-state index in [2.05, 4.69) is 16.9 Å². The third-order valence-corrected chi connectivity index (χ3v) is 4.25. The molecule has 2 bridgehead atoms. The van der Waals surface area contributed by atoms with Crippen molar-refractivity contribution in [2.45, 2.75) is 43.9 Å². The van der Waals surface area contributed by atoms with E-state index in [9.17, 15) is 0 Å². The third-order valence-electron chi connectivity index (χ3n) is 4.25. The van der Waals surface area contributed by atoms with Crippen LogP contribution in [0.1, 0.15) is 25.7 Å². The molecule has 0 aromatic carbocycles. The number of hydrogen-bond acceptors (Lipinski definition) is 4. The molecule has 0 radical (unpaired) electrons. The molecule has 2 fully saturated rings. The number of methoxy groups -OCH3 is 1. The Morgan fingerprint density at radius 2 is 1.83 bits per heavy atom. The van der Waals surface area contributed by atoms with Crippen LogP contribution in [0.3, 0.4) is 0 Å². The Balaban J connectivity index is 1.66. The zero-order valence-corrected chi connectivity index (χ0v) is 11.0. The molecule has 1 aromatic rings. The van der Waals surface area contributed by atoms with Crippen molar-refractivity contribution in [2.24, 2.45) is 0 Å². The zero-order chi connectivity index (χ0) is 12.5. The van der Waals surface area contributed by atoms with Crippen molar-refractivity contribution in [3.8, 4) is 11.8 Å². The number of pyridine rings is 1. The highest BCUT2D eigenvalue weighted by Crippen LogP contribution is 2.35. The molecule has 2 aliphatic heterocycles. The minimum absolute atomic E-state index is 0.304. The van der Waals surface area contributed by atoms with Crippen molar-refractivity contribution in [3.63, 3.8) is 0 Å². The van der Waals surface area contributed by atoms with E-state index in [-0.39, 0.29) is 0 Å². The van der Waals surface area contributed by atoms with Crippen molar-refractivity contribution in [2.75, 3.05) is 14.2 Å². The van der Waals surface area contributed by atoms with Crippen LogP contribution < -0.4 is 9.47 Å². The summed E-state index contributed by atoms with van der Waals surface area (Å²) in [4.78, 5) is 6.83. The maximum Gasteiger partial charge on any atom is 0.216 e. The van der Waals surface area contributed by atoms with Crippen molar-refractivity contribution in [1.82, 2.24) is 9.88 Å². The first-order chi connectivity index (χ1) is 8.76. The predicted octanol–water partition coefficient (Wildman–Crippen LogP) is 2.09. The van der Waals surface area contributed by atoms with E-state index >= 15 is 0 Å². The van der Waals surface area contributed by atoms with Gasteiger partial charge in [0.2, 0.25) is 11.8 Å². The largest absolute Gasteiger partial charge is 0.481 e. The van der Waals surface area contributed by atoms with E-state index in [1.54, 1.807) is 7.11 Å². The Morgan fingerprint density at radius 1 is 1.17 bits per heavy atom. The van der Waals surface area contributed by atoms with Gasteiger partial charge in [0.1, 0.15) is 6.10 Å². The van der Waals surface area contributed by atoms with Gasteiger partial charge in [-0.1, -0.05) is 6.07 Å². The fourth-order valence-corrected chi connectivity index (χ4v) is 3.20. The number of piperidine rings is 1. The third kappa shape index (κ3) is 2.17. The lowest BCUT2D eigenvalue weighted by molar-refractivity contribution is 0.0629. The average Bonchev–Trinajstić information content (AvgIpc) is 2.62.